The van der Waals surface area contributed by atoms with Gasteiger partial charge in [0, 0.05) is 42.1 Å². The zero-order valence-corrected chi connectivity index (χ0v) is 14.9. The number of benzene rings is 2. The normalized spacial score (nSPS) is 27.2. The molecule has 3 atom stereocenters. The number of phenols is 1. The highest BCUT2D eigenvalue weighted by Crippen LogP contribution is 2.51. The van der Waals surface area contributed by atoms with Crippen molar-refractivity contribution in [2.24, 2.45) is 5.92 Å². The van der Waals surface area contributed by atoms with E-state index in [9.17, 15) is 5.11 Å². The number of phenolic OH excluding ortho intramolecular Hbond substituents is 1. The zero-order valence-electron chi connectivity index (χ0n) is 14.9. The fraction of sp³-hybridized carbons (Fsp3) is 0.429. The minimum absolute atomic E-state index is 0.00465. The van der Waals surface area contributed by atoms with E-state index in [2.05, 4.69) is 11.8 Å². The molecule has 0 aromatic heterocycles. The summed E-state index contributed by atoms with van der Waals surface area (Å²) < 4.78 is 17.6. The van der Waals surface area contributed by atoms with Gasteiger partial charge in [0.1, 0.15) is 11.5 Å². The molecular formula is C21H23NO4. The Morgan fingerprint density at radius 2 is 1.69 bits per heavy atom. The van der Waals surface area contributed by atoms with Crippen LogP contribution in [0.4, 0.5) is 0 Å². The van der Waals surface area contributed by atoms with E-state index in [0.717, 1.165) is 41.5 Å². The molecule has 3 aliphatic heterocycles. The van der Waals surface area contributed by atoms with E-state index < -0.39 is 0 Å². The van der Waals surface area contributed by atoms with Crippen molar-refractivity contribution in [2.75, 3.05) is 19.9 Å². The third-order valence-corrected chi connectivity index (χ3v) is 5.84. The van der Waals surface area contributed by atoms with Crippen LogP contribution in [0.5, 0.6) is 23.0 Å². The van der Waals surface area contributed by atoms with Gasteiger partial charge in [-0.25, -0.2) is 0 Å². The molecule has 0 amide bonds. The lowest BCUT2D eigenvalue weighted by Crippen LogP contribution is -2.46. The first kappa shape index (κ1) is 15.8. The van der Waals surface area contributed by atoms with Gasteiger partial charge in [-0.05, 0) is 25.0 Å². The fourth-order valence-corrected chi connectivity index (χ4v) is 4.57. The summed E-state index contributed by atoms with van der Waals surface area (Å²) >= 11 is 0. The predicted molar refractivity (Wildman–Crippen MR) is 96.9 cm³/mol. The number of ether oxygens (including phenoxy) is 3. The monoisotopic (exact) mass is 353 g/mol. The lowest BCUT2D eigenvalue weighted by atomic mass is 9.77. The summed E-state index contributed by atoms with van der Waals surface area (Å²) in [5.41, 5.74) is 1.99. The number of para-hydroxylation sites is 1. The van der Waals surface area contributed by atoms with E-state index in [-0.39, 0.29) is 24.9 Å². The highest BCUT2D eigenvalue weighted by molar-refractivity contribution is 5.57. The molecule has 2 aromatic carbocycles. The maximum atomic E-state index is 10.5. The zero-order chi connectivity index (χ0) is 17.7. The van der Waals surface area contributed by atoms with Gasteiger partial charge in [0.25, 0.3) is 0 Å². The molecule has 1 N–H and O–H groups in total. The second kappa shape index (κ2) is 6.09. The Labute approximate surface area is 153 Å². The van der Waals surface area contributed by atoms with Gasteiger partial charge in [-0.3, -0.25) is 4.90 Å². The van der Waals surface area contributed by atoms with E-state index in [1.165, 1.54) is 12.8 Å². The van der Waals surface area contributed by atoms with E-state index in [1.807, 2.05) is 30.3 Å². The van der Waals surface area contributed by atoms with Crippen molar-refractivity contribution in [3.63, 3.8) is 0 Å². The standard InChI is InChI=1S/C21H23NO4/c1-13-20(14-6-2-3-7-16(14)23)15-10-18-19(25-12-24-18)11-17(15)26-21(13)22-8-4-5-9-22/h2-3,6-7,10-11,13,20-21,23H,4-5,8-9,12H2,1H3. The Hall–Kier alpha value is -2.40. The molecule has 0 saturated carbocycles. The molecule has 3 unspecified atom stereocenters. The summed E-state index contributed by atoms with van der Waals surface area (Å²) in [6.45, 7) is 4.57. The molecule has 0 radical (unpaired) electrons. The first-order valence-electron chi connectivity index (χ1n) is 9.34. The molecule has 5 nitrogen and oxygen atoms in total. The number of rotatable bonds is 2. The SMILES string of the molecule is CC1C(c2ccccc2O)c2cc3c(cc2OC1N1CCCC1)OCO3. The summed E-state index contributed by atoms with van der Waals surface area (Å²) in [6, 6.07) is 11.6. The third kappa shape index (κ3) is 2.42. The summed E-state index contributed by atoms with van der Waals surface area (Å²) in [5.74, 6) is 2.89. The molecule has 0 bridgehead atoms. The molecule has 1 saturated heterocycles. The van der Waals surface area contributed by atoms with Gasteiger partial charge >= 0.3 is 0 Å². The van der Waals surface area contributed by atoms with Gasteiger partial charge in [0.05, 0.1) is 0 Å². The Kier molecular flexibility index (Phi) is 3.71. The predicted octanol–water partition coefficient (Wildman–Crippen LogP) is 3.70. The average Bonchev–Trinajstić information content (AvgIpc) is 3.32. The number of fused-ring (bicyclic) bond motifs is 2. The van der Waals surface area contributed by atoms with Crippen molar-refractivity contribution >= 4 is 0 Å². The van der Waals surface area contributed by atoms with Crippen LogP contribution < -0.4 is 14.2 Å². The number of likely N-dealkylation sites (tertiary alicyclic amines) is 1. The largest absolute Gasteiger partial charge is 0.508 e. The molecule has 136 valence electrons. The van der Waals surface area contributed by atoms with Gasteiger partial charge < -0.3 is 19.3 Å². The summed E-state index contributed by atoms with van der Waals surface area (Å²) in [7, 11) is 0. The minimum Gasteiger partial charge on any atom is -0.508 e. The van der Waals surface area contributed by atoms with Crippen LogP contribution in [0.25, 0.3) is 0 Å². The van der Waals surface area contributed by atoms with E-state index in [0.29, 0.717) is 5.75 Å². The van der Waals surface area contributed by atoms with Crippen LogP contribution in [0.2, 0.25) is 0 Å². The quantitative estimate of drug-likeness (QED) is 0.892. The topological polar surface area (TPSA) is 51.2 Å². The van der Waals surface area contributed by atoms with Gasteiger partial charge in [0.2, 0.25) is 6.79 Å². The number of hydrogen-bond acceptors (Lipinski definition) is 5. The number of hydrogen-bond donors (Lipinski definition) is 1. The molecule has 5 heteroatoms. The highest BCUT2D eigenvalue weighted by Gasteiger charge is 2.42. The summed E-state index contributed by atoms with van der Waals surface area (Å²) in [4.78, 5) is 2.42. The first-order valence-corrected chi connectivity index (χ1v) is 9.34. The van der Waals surface area contributed by atoms with Crippen molar-refractivity contribution < 1.29 is 19.3 Å². The maximum Gasteiger partial charge on any atom is 0.231 e. The van der Waals surface area contributed by atoms with Crippen molar-refractivity contribution in [3.8, 4) is 23.0 Å². The number of nitrogens with zero attached hydrogens (tertiary/aromatic N) is 1. The molecule has 3 aliphatic rings. The molecule has 26 heavy (non-hydrogen) atoms. The lowest BCUT2D eigenvalue weighted by Gasteiger charge is -2.42. The fourth-order valence-electron chi connectivity index (χ4n) is 4.57. The van der Waals surface area contributed by atoms with Crippen molar-refractivity contribution in [2.45, 2.75) is 31.9 Å². The first-order chi connectivity index (χ1) is 12.7. The Balaban J connectivity index is 1.65. The Morgan fingerprint density at radius 3 is 2.46 bits per heavy atom. The van der Waals surface area contributed by atoms with E-state index >= 15 is 0 Å². The van der Waals surface area contributed by atoms with Crippen LogP contribution in [0.1, 0.15) is 36.8 Å². The molecule has 1 fully saturated rings. The van der Waals surface area contributed by atoms with E-state index in [1.54, 1.807) is 6.07 Å². The van der Waals surface area contributed by atoms with Gasteiger partial charge in [0.15, 0.2) is 17.7 Å². The molecule has 3 heterocycles. The molecule has 2 aromatic rings. The van der Waals surface area contributed by atoms with Crippen LogP contribution >= 0.6 is 0 Å². The van der Waals surface area contributed by atoms with Crippen molar-refractivity contribution in [1.29, 1.82) is 0 Å². The summed E-state index contributed by atoms with van der Waals surface area (Å²) in [5, 5.41) is 10.5. The summed E-state index contributed by atoms with van der Waals surface area (Å²) in [6.07, 6.45) is 2.42. The van der Waals surface area contributed by atoms with Crippen LogP contribution in [-0.4, -0.2) is 36.1 Å². The molecular weight excluding hydrogens is 330 g/mol. The van der Waals surface area contributed by atoms with Crippen LogP contribution in [0.15, 0.2) is 36.4 Å². The Morgan fingerprint density at radius 1 is 0.962 bits per heavy atom. The van der Waals surface area contributed by atoms with Gasteiger partial charge in [-0.2, -0.15) is 0 Å². The maximum absolute atomic E-state index is 10.5. The van der Waals surface area contributed by atoms with Gasteiger partial charge in [-0.1, -0.05) is 25.1 Å². The minimum atomic E-state index is -0.00465. The Bertz CT molecular complexity index is 831. The molecule has 0 spiro atoms. The highest BCUT2D eigenvalue weighted by atomic mass is 16.7. The number of aromatic hydroxyl groups is 1. The van der Waals surface area contributed by atoms with Crippen LogP contribution in [0, 0.1) is 5.92 Å². The van der Waals surface area contributed by atoms with Crippen LogP contribution in [-0.2, 0) is 0 Å². The second-order valence-corrected chi connectivity index (χ2v) is 7.39. The second-order valence-electron chi connectivity index (χ2n) is 7.39. The van der Waals surface area contributed by atoms with Crippen molar-refractivity contribution in [3.05, 3.63) is 47.5 Å². The van der Waals surface area contributed by atoms with Crippen LogP contribution in [0.3, 0.4) is 0 Å². The average molecular weight is 353 g/mol. The van der Waals surface area contributed by atoms with Gasteiger partial charge in [-0.15, -0.1) is 0 Å². The molecule has 5 rings (SSSR count). The van der Waals surface area contributed by atoms with E-state index in [4.69, 9.17) is 14.2 Å². The smallest absolute Gasteiger partial charge is 0.231 e. The van der Waals surface area contributed by atoms with Crippen molar-refractivity contribution in [1.82, 2.24) is 4.90 Å². The third-order valence-electron chi connectivity index (χ3n) is 5.84. The molecule has 0 aliphatic carbocycles. The lowest BCUT2D eigenvalue weighted by molar-refractivity contribution is -0.0180.